The monoisotopic (exact) mass is 289 g/mol. The van der Waals surface area contributed by atoms with Crippen LogP contribution in [-0.2, 0) is 0 Å². The lowest BCUT2D eigenvalue weighted by molar-refractivity contribution is -0.0477. The van der Waals surface area contributed by atoms with E-state index in [2.05, 4.69) is 64.2 Å². The SMILES string of the molecule is CC1CC(C)(C)CC(O)(CNc2cccc(C(C)C)c2)C1. The molecule has 2 heteroatoms. The van der Waals surface area contributed by atoms with Gasteiger partial charge in [-0.15, -0.1) is 0 Å². The van der Waals surface area contributed by atoms with Crippen molar-refractivity contribution in [3.05, 3.63) is 29.8 Å². The van der Waals surface area contributed by atoms with Crippen molar-refractivity contribution in [1.82, 2.24) is 0 Å². The Morgan fingerprint density at radius 1 is 1.29 bits per heavy atom. The maximum absolute atomic E-state index is 11.0. The van der Waals surface area contributed by atoms with E-state index in [0.717, 1.165) is 18.5 Å². The smallest absolute Gasteiger partial charge is 0.0826 e. The fourth-order valence-electron chi connectivity index (χ4n) is 4.11. The van der Waals surface area contributed by atoms with Gasteiger partial charge in [0.15, 0.2) is 0 Å². The third kappa shape index (κ3) is 4.47. The molecule has 0 radical (unpaired) electrons. The molecule has 0 aliphatic heterocycles. The predicted molar refractivity (Wildman–Crippen MR) is 90.8 cm³/mol. The van der Waals surface area contributed by atoms with Crippen molar-refractivity contribution >= 4 is 5.69 Å². The van der Waals surface area contributed by atoms with Crippen LogP contribution >= 0.6 is 0 Å². The molecule has 1 aliphatic rings. The summed E-state index contributed by atoms with van der Waals surface area (Å²) < 4.78 is 0. The van der Waals surface area contributed by atoms with Gasteiger partial charge in [-0.3, -0.25) is 0 Å². The lowest BCUT2D eigenvalue weighted by Crippen LogP contribution is -2.46. The number of hydrogen-bond acceptors (Lipinski definition) is 2. The topological polar surface area (TPSA) is 32.3 Å². The van der Waals surface area contributed by atoms with Crippen molar-refractivity contribution in [2.75, 3.05) is 11.9 Å². The van der Waals surface area contributed by atoms with Gasteiger partial charge in [-0.05, 0) is 54.2 Å². The van der Waals surface area contributed by atoms with Gasteiger partial charge in [0.2, 0.25) is 0 Å². The summed E-state index contributed by atoms with van der Waals surface area (Å²) in [5.41, 5.74) is 2.10. The molecule has 0 saturated heterocycles. The third-order valence-electron chi connectivity index (χ3n) is 4.61. The van der Waals surface area contributed by atoms with Crippen LogP contribution in [0.25, 0.3) is 0 Å². The summed E-state index contributed by atoms with van der Waals surface area (Å²) in [6.07, 6.45) is 2.98. The number of nitrogens with one attached hydrogen (secondary N) is 1. The molecule has 2 nitrogen and oxygen atoms in total. The minimum atomic E-state index is -0.588. The minimum absolute atomic E-state index is 0.230. The highest BCUT2D eigenvalue weighted by Gasteiger charge is 2.41. The largest absolute Gasteiger partial charge is 0.388 e. The second-order valence-electron chi connectivity index (χ2n) is 8.21. The number of rotatable bonds is 4. The summed E-state index contributed by atoms with van der Waals surface area (Å²) in [5.74, 6) is 1.12. The van der Waals surface area contributed by atoms with Crippen molar-refractivity contribution in [2.45, 2.75) is 65.4 Å². The van der Waals surface area contributed by atoms with Gasteiger partial charge in [0.1, 0.15) is 0 Å². The van der Waals surface area contributed by atoms with E-state index in [1.165, 1.54) is 12.0 Å². The van der Waals surface area contributed by atoms with E-state index in [1.54, 1.807) is 0 Å². The van der Waals surface area contributed by atoms with E-state index in [-0.39, 0.29) is 5.41 Å². The zero-order valence-electron chi connectivity index (χ0n) is 14.2. The lowest BCUT2D eigenvalue weighted by Gasteiger charge is -2.44. The van der Waals surface area contributed by atoms with Crippen LogP contribution in [0, 0.1) is 11.3 Å². The second kappa shape index (κ2) is 6.00. The molecule has 1 aromatic carbocycles. The molecule has 0 heterocycles. The number of hydrogen-bond donors (Lipinski definition) is 2. The summed E-state index contributed by atoms with van der Waals surface area (Å²) in [7, 11) is 0. The van der Waals surface area contributed by atoms with Crippen molar-refractivity contribution < 1.29 is 5.11 Å². The van der Waals surface area contributed by atoms with Gasteiger partial charge in [-0.2, -0.15) is 0 Å². The Morgan fingerprint density at radius 2 is 2.00 bits per heavy atom. The van der Waals surface area contributed by atoms with Crippen LogP contribution in [0.2, 0.25) is 0 Å². The van der Waals surface area contributed by atoms with Crippen molar-refractivity contribution in [2.24, 2.45) is 11.3 Å². The van der Waals surface area contributed by atoms with E-state index in [9.17, 15) is 5.11 Å². The lowest BCUT2D eigenvalue weighted by atomic mass is 9.66. The molecule has 0 amide bonds. The number of anilines is 1. The molecule has 2 rings (SSSR count). The zero-order chi connectivity index (χ0) is 15.7. The number of aliphatic hydroxyl groups is 1. The molecule has 1 fully saturated rings. The van der Waals surface area contributed by atoms with Crippen LogP contribution in [-0.4, -0.2) is 17.3 Å². The van der Waals surface area contributed by atoms with E-state index in [4.69, 9.17) is 0 Å². The molecule has 1 aliphatic carbocycles. The molecule has 21 heavy (non-hydrogen) atoms. The van der Waals surface area contributed by atoms with E-state index in [0.29, 0.717) is 18.4 Å². The first-order valence-electron chi connectivity index (χ1n) is 8.25. The van der Waals surface area contributed by atoms with Gasteiger partial charge in [-0.25, -0.2) is 0 Å². The molecular formula is C19H31NO. The normalized spacial score (nSPS) is 28.6. The van der Waals surface area contributed by atoms with Gasteiger partial charge in [0.05, 0.1) is 5.60 Å². The fraction of sp³-hybridized carbons (Fsp3) is 0.684. The Labute approximate surface area is 130 Å². The summed E-state index contributed by atoms with van der Waals surface area (Å²) in [5, 5.41) is 14.4. The maximum Gasteiger partial charge on any atom is 0.0826 e. The Balaban J connectivity index is 2.03. The zero-order valence-corrected chi connectivity index (χ0v) is 14.2. The summed E-state index contributed by atoms with van der Waals surface area (Å²) in [6, 6.07) is 8.55. The average Bonchev–Trinajstić information content (AvgIpc) is 2.34. The van der Waals surface area contributed by atoms with Crippen LogP contribution in [0.3, 0.4) is 0 Å². The maximum atomic E-state index is 11.0. The van der Waals surface area contributed by atoms with Gasteiger partial charge in [0, 0.05) is 12.2 Å². The fourth-order valence-corrected chi connectivity index (χ4v) is 4.11. The molecule has 0 aromatic heterocycles. The highest BCUT2D eigenvalue weighted by Crippen LogP contribution is 2.43. The highest BCUT2D eigenvalue weighted by atomic mass is 16.3. The Kier molecular flexibility index (Phi) is 4.67. The van der Waals surface area contributed by atoms with E-state index < -0.39 is 5.60 Å². The van der Waals surface area contributed by atoms with Crippen molar-refractivity contribution in [1.29, 1.82) is 0 Å². The number of benzene rings is 1. The van der Waals surface area contributed by atoms with Crippen LogP contribution in [0.1, 0.15) is 65.4 Å². The molecule has 2 unspecified atom stereocenters. The van der Waals surface area contributed by atoms with Crippen molar-refractivity contribution in [3.8, 4) is 0 Å². The standard InChI is InChI=1S/C19H31NO/c1-14(2)16-7-6-8-17(9-16)20-13-19(21)11-15(3)10-18(4,5)12-19/h6-9,14-15,20-21H,10-13H2,1-5H3. The molecule has 118 valence electrons. The summed E-state index contributed by atoms with van der Waals surface area (Å²) in [4.78, 5) is 0. The van der Waals surface area contributed by atoms with E-state index >= 15 is 0 Å². The molecule has 0 spiro atoms. The third-order valence-corrected chi connectivity index (χ3v) is 4.61. The van der Waals surface area contributed by atoms with Crippen molar-refractivity contribution in [3.63, 3.8) is 0 Å². The summed E-state index contributed by atoms with van der Waals surface area (Å²) in [6.45, 7) is 11.9. The highest BCUT2D eigenvalue weighted by molar-refractivity contribution is 5.46. The van der Waals surface area contributed by atoms with Crippen LogP contribution in [0.4, 0.5) is 5.69 Å². The van der Waals surface area contributed by atoms with Gasteiger partial charge in [0.25, 0.3) is 0 Å². The second-order valence-corrected chi connectivity index (χ2v) is 8.21. The molecule has 0 bridgehead atoms. The Hall–Kier alpha value is -1.02. The minimum Gasteiger partial charge on any atom is -0.388 e. The Bertz CT molecular complexity index is 480. The van der Waals surface area contributed by atoms with Gasteiger partial charge < -0.3 is 10.4 Å². The first-order valence-corrected chi connectivity index (χ1v) is 8.25. The van der Waals surface area contributed by atoms with E-state index in [1.807, 2.05) is 0 Å². The Morgan fingerprint density at radius 3 is 2.62 bits per heavy atom. The van der Waals surface area contributed by atoms with Crippen LogP contribution < -0.4 is 5.32 Å². The first-order chi connectivity index (χ1) is 9.69. The predicted octanol–water partition coefficient (Wildman–Crippen LogP) is 4.80. The quantitative estimate of drug-likeness (QED) is 0.834. The molecule has 2 atom stereocenters. The molecular weight excluding hydrogens is 258 g/mol. The van der Waals surface area contributed by atoms with Crippen LogP contribution in [0.15, 0.2) is 24.3 Å². The molecule has 2 N–H and O–H groups in total. The summed E-state index contributed by atoms with van der Waals surface area (Å²) >= 11 is 0. The van der Waals surface area contributed by atoms with Gasteiger partial charge >= 0.3 is 0 Å². The molecule has 1 aromatic rings. The molecule has 1 saturated carbocycles. The van der Waals surface area contributed by atoms with Crippen LogP contribution in [0.5, 0.6) is 0 Å². The van der Waals surface area contributed by atoms with Gasteiger partial charge in [-0.1, -0.05) is 46.8 Å². The first kappa shape index (κ1) is 16.4. The average molecular weight is 289 g/mol.